The first-order chi connectivity index (χ1) is 10.9. The van der Waals surface area contributed by atoms with E-state index in [1.54, 1.807) is 12.1 Å². The molecule has 7 nitrogen and oxygen atoms in total. The molecule has 7 heteroatoms. The zero-order chi connectivity index (χ0) is 17.0. The minimum absolute atomic E-state index is 0.0506. The van der Waals surface area contributed by atoms with Gasteiger partial charge in [-0.05, 0) is 18.6 Å². The van der Waals surface area contributed by atoms with Gasteiger partial charge in [-0.3, -0.25) is 14.4 Å². The molecule has 0 radical (unpaired) electrons. The molecular weight excluding hydrogens is 298 g/mol. The number of aromatic nitrogens is 2. The van der Waals surface area contributed by atoms with Gasteiger partial charge in [0, 0.05) is 13.1 Å². The maximum atomic E-state index is 12.3. The van der Waals surface area contributed by atoms with Crippen LogP contribution in [-0.2, 0) is 11.8 Å². The molecule has 1 aromatic carbocycles. The average molecular weight is 315 g/mol. The van der Waals surface area contributed by atoms with E-state index in [1.807, 2.05) is 19.1 Å². The molecule has 2 aromatic rings. The van der Waals surface area contributed by atoms with E-state index >= 15 is 0 Å². The van der Waals surface area contributed by atoms with Crippen molar-refractivity contribution in [2.45, 2.75) is 19.4 Å². The number of carbonyl (C=O) groups is 2. The minimum atomic E-state index is -1.02. The summed E-state index contributed by atoms with van der Waals surface area (Å²) in [7, 11) is 1.44. The van der Waals surface area contributed by atoms with Crippen LogP contribution in [0.15, 0.2) is 41.2 Å². The normalized spacial score (nSPS) is 11.7. The number of benzene rings is 1. The molecule has 0 unspecified atom stereocenters. The number of aryl methyl sites for hydroxylation is 2. The molecule has 0 saturated carbocycles. The maximum absolute atomic E-state index is 12.3. The van der Waals surface area contributed by atoms with Crippen LogP contribution in [0.25, 0.3) is 0 Å². The lowest BCUT2D eigenvalue weighted by atomic mass is 10.0. The highest BCUT2D eigenvalue weighted by atomic mass is 16.4. The summed E-state index contributed by atoms with van der Waals surface area (Å²) >= 11 is 0. The Morgan fingerprint density at radius 3 is 2.43 bits per heavy atom. The van der Waals surface area contributed by atoms with Gasteiger partial charge in [-0.15, -0.1) is 0 Å². The van der Waals surface area contributed by atoms with Gasteiger partial charge >= 0.3 is 5.97 Å². The molecule has 2 N–H and O–H groups in total. The molecule has 0 bridgehead atoms. The first kappa shape index (κ1) is 16.4. The van der Waals surface area contributed by atoms with Gasteiger partial charge < -0.3 is 10.4 Å². The third kappa shape index (κ3) is 4.26. The van der Waals surface area contributed by atoms with Crippen molar-refractivity contribution in [3.8, 4) is 0 Å². The van der Waals surface area contributed by atoms with E-state index in [4.69, 9.17) is 5.11 Å². The largest absolute Gasteiger partial charge is 0.481 e. The molecule has 0 fully saturated rings. The van der Waals surface area contributed by atoms with Crippen LogP contribution >= 0.6 is 0 Å². The second kappa shape index (κ2) is 6.87. The fourth-order valence-corrected chi connectivity index (χ4v) is 2.08. The van der Waals surface area contributed by atoms with E-state index < -0.39 is 17.9 Å². The highest BCUT2D eigenvalue weighted by molar-refractivity contribution is 5.92. The molecule has 1 amide bonds. The Kier molecular flexibility index (Phi) is 4.90. The summed E-state index contributed by atoms with van der Waals surface area (Å²) < 4.78 is 1.05. The van der Waals surface area contributed by atoms with E-state index in [-0.39, 0.29) is 17.7 Å². The highest BCUT2D eigenvalue weighted by Gasteiger charge is 2.20. The SMILES string of the molecule is Cc1ccc([C@@H](CC(=O)O)NC(=O)c2ccc(=O)n(C)n2)cc1. The van der Waals surface area contributed by atoms with Crippen LogP contribution in [0.1, 0.15) is 34.1 Å². The number of carboxylic acid groups (broad SMARTS) is 1. The number of hydrogen-bond acceptors (Lipinski definition) is 4. The third-order valence-corrected chi connectivity index (χ3v) is 3.36. The predicted molar refractivity (Wildman–Crippen MR) is 83.1 cm³/mol. The number of hydrogen-bond donors (Lipinski definition) is 2. The summed E-state index contributed by atoms with van der Waals surface area (Å²) in [5, 5.41) is 15.6. The van der Waals surface area contributed by atoms with Gasteiger partial charge in [-0.25, -0.2) is 4.68 Å². The van der Waals surface area contributed by atoms with E-state index in [9.17, 15) is 14.4 Å². The summed E-state index contributed by atoms with van der Waals surface area (Å²) in [5.74, 6) is -1.56. The van der Waals surface area contributed by atoms with Crippen LogP contribution in [0.2, 0.25) is 0 Å². The summed E-state index contributed by atoms with van der Waals surface area (Å²) in [6.07, 6.45) is -0.249. The zero-order valence-electron chi connectivity index (χ0n) is 12.8. The fraction of sp³-hybridized carbons (Fsp3) is 0.250. The number of nitrogens with one attached hydrogen (secondary N) is 1. The molecule has 0 saturated heterocycles. The number of nitrogens with zero attached hydrogens (tertiary/aromatic N) is 2. The molecule has 120 valence electrons. The van der Waals surface area contributed by atoms with Crippen molar-refractivity contribution >= 4 is 11.9 Å². The Bertz CT molecular complexity index is 781. The fourth-order valence-electron chi connectivity index (χ4n) is 2.08. The van der Waals surface area contributed by atoms with Gasteiger partial charge in [0.05, 0.1) is 12.5 Å². The van der Waals surface area contributed by atoms with Crippen LogP contribution in [0.4, 0.5) is 0 Å². The lowest BCUT2D eigenvalue weighted by molar-refractivity contribution is -0.137. The Morgan fingerprint density at radius 2 is 1.87 bits per heavy atom. The Hall–Kier alpha value is -2.96. The predicted octanol–water partition coefficient (Wildman–Crippen LogP) is 1.03. The maximum Gasteiger partial charge on any atom is 0.305 e. The molecule has 1 heterocycles. The van der Waals surface area contributed by atoms with E-state index in [2.05, 4.69) is 10.4 Å². The highest BCUT2D eigenvalue weighted by Crippen LogP contribution is 2.18. The Labute approximate surface area is 132 Å². The van der Waals surface area contributed by atoms with Crippen molar-refractivity contribution in [3.05, 3.63) is 63.6 Å². The topological polar surface area (TPSA) is 101 Å². The lowest BCUT2D eigenvalue weighted by Gasteiger charge is -2.17. The van der Waals surface area contributed by atoms with Gasteiger partial charge in [0.2, 0.25) is 0 Å². The van der Waals surface area contributed by atoms with Crippen molar-refractivity contribution < 1.29 is 14.7 Å². The molecule has 23 heavy (non-hydrogen) atoms. The molecular formula is C16H17N3O4. The molecule has 0 aliphatic rings. The smallest absolute Gasteiger partial charge is 0.305 e. The summed E-state index contributed by atoms with van der Waals surface area (Å²) in [4.78, 5) is 34.6. The van der Waals surface area contributed by atoms with Crippen molar-refractivity contribution in [1.29, 1.82) is 0 Å². The van der Waals surface area contributed by atoms with Crippen molar-refractivity contribution in [2.24, 2.45) is 7.05 Å². The van der Waals surface area contributed by atoms with Gasteiger partial charge in [0.15, 0.2) is 0 Å². The molecule has 0 aliphatic heterocycles. The second-order valence-electron chi connectivity index (χ2n) is 5.22. The average Bonchev–Trinajstić information content (AvgIpc) is 2.49. The minimum Gasteiger partial charge on any atom is -0.481 e. The van der Waals surface area contributed by atoms with E-state index in [1.165, 1.54) is 19.2 Å². The van der Waals surface area contributed by atoms with Crippen molar-refractivity contribution in [1.82, 2.24) is 15.1 Å². The number of amides is 1. The van der Waals surface area contributed by atoms with Crippen molar-refractivity contribution in [2.75, 3.05) is 0 Å². The molecule has 0 aliphatic carbocycles. The summed E-state index contributed by atoms with van der Waals surface area (Å²) in [6, 6.07) is 9.11. The number of rotatable bonds is 5. The summed E-state index contributed by atoms with van der Waals surface area (Å²) in [6.45, 7) is 1.92. The Morgan fingerprint density at radius 1 is 1.22 bits per heavy atom. The standard InChI is InChI=1S/C16H17N3O4/c1-10-3-5-11(6-4-10)13(9-15(21)22)17-16(23)12-7-8-14(20)19(2)18-12/h3-8,13H,9H2,1-2H3,(H,17,23)(H,21,22)/t13-/m1/s1. The first-order valence-electron chi connectivity index (χ1n) is 7.00. The quantitative estimate of drug-likeness (QED) is 0.858. The number of aliphatic carboxylic acids is 1. The van der Waals surface area contributed by atoms with E-state index in [0.29, 0.717) is 5.56 Å². The monoisotopic (exact) mass is 315 g/mol. The number of carbonyl (C=O) groups excluding carboxylic acids is 1. The van der Waals surface area contributed by atoms with Crippen molar-refractivity contribution in [3.63, 3.8) is 0 Å². The molecule has 0 spiro atoms. The van der Waals surface area contributed by atoms with Gasteiger partial charge in [-0.2, -0.15) is 5.10 Å². The van der Waals surface area contributed by atoms with Crippen LogP contribution in [0, 0.1) is 6.92 Å². The number of carboxylic acids is 1. The van der Waals surface area contributed by atoms with Crippen LogP contribution in [0.3, 0.4) is 0 Å². The molecule has 2 rings (SSSR count). The second-order valence-corrected chi connectivity index (χ2v) is 5.22. The summed E-state index contributed by atoms with van der Waals surface area (Å²) in [5.41, 5.74) is 1.45. The lowest BCUT2D eigenvalue weighted by Crippen LogP contribution is -2.32. The third-order valence-electron chi connectivity index (χ3n) is 3.36. The Balaban J connectivity index is 2.24. The first-order valence-corrected chi connectivity index (χ1v) is 7.00. The van der Waals surface area contributed by atoms with Crippen LogP contribution in [-0.4, -0.2) is 26.8 Å². The van der Waals surface area contributed by atoms with Gasteiger partial charge in [-0.1, -0.05) is 29.8 Å². The van der Waals surface area contributed by atoms with Gasteiger partial charge in [0.1, 0.15) is 5.69 Å². The molecule has 1 aromatic heterocycles. The van der Waals surface area contributed by atoms with Gasteiger partial charge in [0.25, 0.3) is 11.5 Å². The zero-order valence-corrected chi connectivity index (χ0v) is 12.8. The van der Waals surface area contributed by atoms with Crippen LogP contribution < -0.4 is 10.9 Å². The molecule has 1 atom stereocenters. The van der Waals surface area contributed by atoms with Crippen LogP contribution in [0.5, 0.6) is 0 Å². The van der Waals surface area contributed by atoms with E-state index in [0.717, 1.165) is 10.2 Å².